The molecule has 0 amide bonds. The summed E-state index contributed by atoms with van der Waals surface area (Å²) in [4.78, 5) is 0. The van der Waals surface area contributed by atoms with E-state index in [1.54, 1.807) is 0 Å². The van der Waals surface area contributed by atoms with Gasteiger partial charge in [0.2, 0.25) is 0 Å². The summed E-state index contributed by atoms with van der Waals surface area (Å²) < 4.78 is 2.35. The summed E-state index contributed by atoms with van der Waals surface area (Å²) in [6, 6.07) is 21.6. The van der Waals surface area contributed by atoms with Crippen molar-refractivity contribution in [2.45, 2.75) is 37.0 Å². The van der Waals surface area contributed by atoms with Crippen LogP contribution in [0.5, 0.6) is 0 Å². The summed E-state index contributed by atoms with van der Waals surface area (Å²) >= 11 is 7.63. The monoisotopic (exact) mass is 528 g/mol. The minimum atomic E-state index is -0.178. The van der Waals surface area contributed by atoms with Crippen molar-refractivity contribution < 1.29 is 0 Å². The highest BCUT2D eigenvalue weighted by Crippen LogP contribution is 2.61. The number of hydrogen-bond acceptors (Lipinski definition) is 0. The topological polar surface area (TPSA) is 0 Å². The van der Waals surface area contributed by atoms with Crippen LogP contribution in [0.1, 0.15) is 50.4 Å². The highest BCUT2D eigenvalue weighted by molar-refractivity contribution is 9.12. The molecule has 0 N–H and O–H groups in total. The van der Waals surface area contributed by atoms with E-state index in [1.165, 1.54) is 74.7 Å². The van der Waals surface area contributed by atoms with E-state index in [0.29, 0.717) is 11.8 Å². The summed E-state index contributed by atoms with van der Waals surface area (Å²) in [5, 5.41) is 0. The maximum atomic E-state index is 3.82. The van der Waals surface area contributed by atoms with Crippen molar-refractivity contribution in [1.82, 2.24) is 0 Å². The van der Waals surface area contributed by atoms with Gasteiger partial charge in [0.15, 0.2) is 0 Å². The molecule has 0 spiro atoms. The van der Waals surface area contributed by atoms with Gasteiger partial charge in [-0.1, -0.05) is 92.6 Å². The number of rotatable bonds is 2. The van der Waals surface area contributed by atoms with E-state index in [0.717, 1.165) is 4.47 Å². The number of hydrogen-bond donors (Lipinski definition) is 0. The first-order chi connectivity index (χ1) is 15.1. The van der Waals surface area contributed by atoms with E-state index >= 15 is 0 Å². The van der Waals surface area contributed by atoms with Crippen LogP contribution < -0.4 is 0 Å². The Labute approximate surface area is 200 Å². The van der Waals surface area contributed by atoms with Crippen LogP contribution >= 0.6 is 31.9 Å². The molecule has 0 saturated carbocycles. The average Bonchev–Trinajstić information content (AvgIpc) is 2.99. The van der Waals surface area contributed by atoms with E-state index in [4.69, 9.17) is 0 Å². The van der Waals surface area contributed by atoms with E-state index in [9.17, 15) is 0 Å². The fourth-order valence-corrected chi connectivity index (χ4v) is 7.22. The maximum absolute atomic E-state index is 3.82. The van der Waals surface area contributed by atoms with Crippen molar-refractivity contribution in [3.63, 3.8) is 0 Å². The van der Waals surface area contributed by atoms with Crippen molar-refractivity contribution in [2.75, 3.05) is 0 Å². The molecule has 4 aliphatic carbocycles. The van der Waals surface area contributed by atoms with Gasteiger partial charge in [-0.3, -0.25) is 0 Å². The maximum Gasteiger partial charge on any atom is 0.0526 e. The average molecular weight is 530 g/mol. The number of aryl methyl sites for hydroxylation is 4. The second kappa shape index (κ2) is 6.56. The number of fused-ring (bicyclic) bond motifs is 5. The van der Waals surface area contributed by atoms with Crippen molar-refractivity contribution in [3.05, 3.63) is 126 Å². The third kappa shape index (κ3) is 2.47. The lowest BCUT2D eigenvalue weighted by molar-refractivity contribution is 0.454. The van der Waals surface area contributed by atoms with Gasteiger partial charge in [-0.2, -0.15) is 0 Å². The van der Waals surface area contributed by atoms with Gasteiger partial charge in [0.25, 0.3) is 0 Å². The van der Waals surface area contributed by atoms with E-state index < -0.39 is 0 Å². The Morgan fingerprint density at radius 3 is 1.94 bits per heavy atom. The number of allylic oxidation sites excluding steroid dienone is 4. The van der Waals surface area contributed by atoms with Crippen LogP contribution in [0.2, 0.25) is 0 Å². The van der Waals surface area contributed by atoms with Crippen molar-refractivity contribution in [3.8, 4) is 0 Å². The molecule has 3 aromatic rings. The largest absolute Gasteiger partial charge is 0.0752 e. The van der Waals surface area contributed by atoms with Crippen LogP contribution in [0.3, 0.4) is 0 Å². The number of halogens is 2. The van der Waals surface area contributed by atoms with Gasteiger partial charge in [0, 0.05) is 20.8 Å². The van der Waals surface area contributed by atoms with Gasteiger partial charge < -0.3 is 0 Å². The molecular formula is C29H22Br2. The van der Waals surface area contributed by atoms with Crippen molar-refractivity contribution in [2.24, 2.45) is 5.92 Å². The van der Waals surface area contributed by atoms with E-state index in [-0.39, 0.29) is 5.41 Å². The second-order valence-corrected chi connectivity index (χ2v) is 11.3. The molecule has 0 aliphatic heterocycles. The van der Waals surface area contributed by atoms with Gasteiger partial charge in [-0.15, -0.1) is 0 Å². The zero-order chi connectivity index (χ0) is 20.7. The smallest absolute Gasteiger partial charge is 0.0526 e. The normalized spacial score (nSPS) is 23.6. The molecule has 0 heterocycles. The summed E-state index contributed by atoms with van der Waals surface area (Å²) in [5.74, 6) is 0.744. The molecular weight excluding hydrogens is 508 g/mol. The van der Waals surface area contributed by atoms with Crippen LogP contribution in [-0.4, -0.2) is 0 Å². The summed E-state index contributed by atoms with van der Waals surface area (Å²) in [5.41, 5.74) is 11.8. The Hall–Kier alpha value is -1.90. The first-order valence-corrected chi connectivity index (χ1v) is 12.8. The predicted octanol–water partition coefficient (Wildman–Crippen LogP) is 7.54. The Bertz CT molecular complexity index is 1270. The third-order valence-electron chi connectivity index (χ3n) is 8.14. The van der Waals surface area contributed by atoms with E-state index in [2.05, 4.69) is 105 Å². The van der Waals surface area contributed by atoms with Gasteiger partial charge >= 0.3 is 0 Å². The SMILES string of the molecule is BrC1=CC2C(C=C1)c1ccc(Br)cc1C2(c1ccc2c(c1)CC2)c1ccc2c(c1)CC2. The second-order valence-electron chi connectivity index (χ2n) is 9.47. The summed E-state index contributed by atoms with van der Waals surface area (Å²) in [6.45, 7) is 0. The quantitative estimate of drug-likeness (QED) is 0.321. The molecule has 0 aromatic heterocycles. The molecule has 0 nitrogen and oxygen atoms in total. The zero-order valence-electron chi connectivity index (χ0n) is 17.2. The standard InChI is InChI=1S/C29H22Br2/c30-23-9-11-25-26-12-10-24(31)16-28(26)29(27(25)15-23,21-7-5-17-1-3-19(17)13-21)22-8-6-18-2-4-20(18)14-22/h5-16,25,27H,1-4H2. The van der Waals surface area contributed by atoms with Crippen LogP contribution in [0.25, 0.3) is 0 Å². The molecule has 2 heteroatoms. The zero-order valence-corrected chi connectivity index (χ0v) is 20.3. The van der Waals surface area contributed by atoms with Crippen molar-refractivity contribution >= 4 is 31.9 Å². The van der Waals surface area contributed by atoms with E-state index in [1.807, 2.05) is 0 Å². The Kier molecular flexibility index (Phi) is 3.95. The third-order valence-corrected chi connectivity index (χ3v) is 9.16. The van der Waals surface area contributed by atoms with Crippen LogP contribution in [0, 0.1) is 5.92 Å². The van der Waals surface area contributed by atoms with Gasteiger partial charge in [-0.25, -0.2) is 0 Å². The molecule has 0 fully saturated rings. The Morgan fingerprint density at radius 2 is 1.35 bits per heavy atom. The lowest BCUT2D eigenvalue weighted by Gasteiger charge is -2.41. The first-order valence-electron chi connectivity index (χ1n) is 11.2. The molecule has 31 heavy (non-hydrogen) atoms. The highest BCUT2D eigenvalue weighted by atomic mass is 79.9. The van der Waals surface area contributed by atoms with Gasteiger partial charge in [-0.05, 0) is 82.3 Å². The minimum absolute atomic E-state index is 0.178. The highest BCUT2D eigenvalue weighted by Gasteiger charge is 2.53. The van der Waals surface area contributed by atoms with Crippen LogP contribution in [0.15, 0.2) is 81.8 Å². The molecule has 0 saturated heterocycles. The molecule has 0 bridgehead atoms. The van der Waals surface area contributed by atoms with Crippen LogP contribution in [-0.2, 0) is 31.1 Å². The molecule has 2 atom stereocenters. The summed E-state index contributed by atoms with van der Waals surface area (Å²) in [6.07, 6.45) is 12.0. The first kappa shape index (κ1) is 18.7. The van der Waals surface area contributed by atoms with Crippen molar-refractivity contribution in [1.29, 1.82) is 0 Å². The minimum Gasteiger partial charge on any atom is -0.0752 e. The predicted molar refractivity (Wildman–Crippen MR) is 134 cm³/mol. The molecule has 7 rings (SSSR count). The lowest BCUT2D eigenvalue weighted by Crippen LogP contribution is -2.36. The number of benzene rings is 3. The Balaban J connectivity index is 1.59. The van der Waals surface area contributed by atoms with Gasteiger partial charge in [0.1, 0.15) is 0 Å². The fourth-order valence-electron chi connectivity index (χ4n) is 6.42. The summed E-state index contributed by atoms with van der Waals surface area (Å²) in [7, 11) is 0. The molecule has 152 valence electrons. The lowest BCUT2D eigenvalue weighted by atomic mass is 9.61. The molecule has 4 aliphatic rings. The molecule has 0 radical (unpaired) electrons. The molecule has 2 unspecified atom stereocenters. The van der Waals surface area contributed by atoms with Gasteiger partial charge in [0.05, 0.1) is 5.41 Å². The molecule has 3 aromatic carbocycles. The Morgan fingerprint density at radius 1 is 0.710 bits per heavy atom. The van der Waals surface area contributed by atoms with Crippen LogP contribution in [0.4, 0.5) is 0 Å². The fraction of sp³-hybridized carbons (Fsp3) is 0.241.